The maximum atomic E-state index is 13.1. The topological polar surface area (TPSA) is 75.0 Å². The Hall–Kier alpha value is -2.96. The number of aryl methyl sites for hydroxylation is 1. The van der Waals surface area contributed by atoms with Crippen LogP contribution in [0.15, 0.2) is 41.1 Å². The number of hydrogen-bond donors (Lipinski definition) is 1. The van der Waals surface area contributed by atoms with E-state index >= 15 is 0 Å². The molecule has 6 nitrogen and oxygen atoms in total. The van der Waals surface area contributed by atoms with Crippen molar-refractivity contribution in [2.75, 3.05) is 6.54 Å². The summed E-state index contributed by atoms with van der Waals surface area (Å²) in [6.45, 7) is 2.56. The zero-order valence-electron chi connectivity index (χ0n) is 15.1. The minimum Gasteiger partial charge on any atom is -0.356 e. The van der Waals surface area contributed by atoms with Gasteiger partial charge < -0.3 is 9.42 Å². The fraction of sp³-hybridized carbons (Fsp3) is 0.350. The molecule has 4 rings (SSSR count). The summed E-state index contributed by atoms with van der Waals surface area (Å²) >= 11 is 0. The molecule has 3 heterocycles. The summed E-state index contributed by atoms with van der Waals surface area (Å²) in [4.78, 5) is 14.9. The average Bonchev–Trinajstić information content (AvgIpc) is 3.32. The number of aromatic amines is 1. The van der Waals surface area contributed by atoms with Gasteiger partial charge in [0.05, 0.1) is 35.6 Å². The number of amides is 1. The van der Waals surface area contributed by atoms with E-state index in [9.17, 15) is 9.18 Å². The number of carbonyl (C=O) groups excluding carboxylic acids is 1. The van der Waals surface area contributed by atoms with Crippen molar-refractivity contribution in [3.8, 4) is 11.3 Å². The third-order valence-electron chi connectivity index (χ3n) is 4.99. The quantitative estimate of drug-likeness (QED) is 0.760. The predicted octanol–water partition coefficient (Wildman–Crippen LogP) is 3.81. The third kappa shape index (κ3) is 3.63. The summed E-state index contributed by atoms with van der Waals surface area (Å²) in [7, 11) is 0. The zero-order chi connectivity index (χ0) is 18.8. The van der Waals surface area contributed by atoms with Crippen molar-refractivity contribution in [2.45, 2.75) is 38.6 Å². The fourth-order valence-corrected chi connectivity index (χ4v) is 3.65. The normalized spacial score (nSPS) is 17.3. The number of likely N-dealkylation sites (tertiary alicyclic amines) is 1. The summed E-state index contributed by atoms with van der Waals surface area (Å²) in [6.07, 6.45) is 4.83. The van der Waals surface area contributed by atoms with Gasteiger partial charge in [-0.15, -0.1) is 0 Å². The van der Waals surface area contributed by atoms with E-state index in [1.165, 1.54) is 12.1 Å². The number of piperidine rings is 1. The maximum Gasteiger partial charge on any atom is 0.227 e. The molecule has 1 aliphatic heterocycles. The van der Waals surface area contributed by atoms with Crippen molar-refractivity contribution in [1.82, 2.24) is 20.3 Å². The van der Waals surface area contributed by atoms with E-state index in [-0.39, 0.29) is 24.2 Å². The highest BCUT2D eigenvalue weighted by Gasteiger charge is 2.31. The van der Waals surface area contributed by atoms with Gasteiger partial charge in [0.1, 0.15) is 5.82 Å². The molecule has 0 spiro atoms. The highest BCUT2D eigenvalue weighted by molar-refractivity contribution is 5.79. The summed E-state index contributed by atoms with van der Waals surface area (Å²) in [5.74, 6) is 0.375. The molecular formula is C20H21FN4O2. The highest BCUT2D eigenvalue weighted by Crippen LogP contribution is 2.36. The minimum absolute atomic E-state index is 0.0283. The molecule has 3 aromatic rings. The van der Waals surface area contributed by atoms with Crippen LogP contribution in [0, 0.1) is 12.7 Å². The summed E-state index contributed by atoms with van der Waals surface area (Å²) < 4.78 is 18.5. The van der Waals surface area contributed by atoms with E-state index in [0.29, 0.717) is 12.3 Å². The van der Waals surface area contributed by atoms with E-state index in [1.54, 1.807) is 18.3 Å². The van der Waals surface area contributed by atoms with Gasteiger partial charge in [-0.3, -0.25) is 9.89 Å². The zero-order valence-corrected chi connectivity index (χ0v) is 15.1. The Morgan fingerprint density at radius 1 is 1.33 bits per heavy atom. The van der Waals surface area contributed by atoms with Gasteiger partial charge in [-0.25, -0.2) is 4.39 Å². The van der Waals surface area contributed by atoms with Gasteiger partial charge in [-0.05, 0) is 43.9 Å². The molecule has 1 unspecified atom stereocenters. The van der Waals surface area contributed by atoms with Gasteiger partial charge in [-0.2, -0.15) is 5.10 Å². The van der Waals surface area contributed by atoms with Crippen LogP contribution in [0.3, 0.4) is 0 Å². The molecule has 1 N–H and O–H groups in total. The number of H-pyrrole nitrogens is 1. The number of aromatic nitrogens is 3. The van der Waals surface area contributed by atoms with Gasteiger partial charge in [0, 0.05) is 12.6 Å². The third-order valence-corrected chi connectivity index (χ3v) is 4.99. The molecule has 2 aromatic heterocycles. The van der Waals surface area contributed by atoms with Crippen molar-refractivity contribution >= 4 is 5.91 Å². The molecule has 1 amide bonds. The van der Waals surface area contributed by atoms with E-state index < -0.39 is 0 Å². The summed E-state index contributed by atoms with van der Waals surface area (Å²) in [5.41, 5.74) is 3.31. The van der Waals surface area contributed by atoms with Gasteiger partial charge in [-0.1, -0.05) is 17.3 Å². The Morgan fingerprint density at radius 2 is 2.15 bits per heavy atom. The number of halogens is 1. The van der Waals surface area contributed by atoms with Gasteiger partial charge >= 0.3 is 0 Å². The molecule has 1 aromatic carbocycles. The largest absolute Gasteiger partial charge is 0.356 e. The molecule has 1 atom stereocenters. The first-order valence-corrected chi connectivity index (χ1v) is 9.12. The van der Waals surface area contributed by atoms with Crippen LogP contribution in [0.25, 0.3) is 11.3 Å². The van der Waals surface area contributed by atoms with Crippen molar-refractivity contribution in [1.29, 1.82) is 0 Å². The van der Waals surface area contributed by atoms with Crippen LogP contribution < -0.4 is 0 Å². The first kappa shape index (κ1) is 17.5. The lowest BCUT2D eigenvalue weighted by atomic mass is 9.95. The monoisotopic (exact) mass is 368 g/mol. The Balaban J connectivity index is 1.59. The Bertz CT molecular complexity index is 932. The van der Waals surface area contributed by atoms with E-state index in [2.05, 4.69) is 15.4 Å². The van der Waals surface area contributed by atoms with E-state index in [1.807, 2.05) is 17.9 Å². The lowest BCUT2D eigenvalue weighted by Crippen LogP contribution is -2.39. The van der Waals surface area contributed by atoms with Crippen molar-refractivity contribution < 1.29 is 13.7 Å². The van der Waals surface area contributed by atoms with Crippen molar-refractivity contribution in [3.63, 3.8) is 0 Å². The molecule has 1 saturated heterocycles. The SMILES string of the molecule is Cc1cc(-c2cn[nH]c2C2CCCCN2C(=O)Cc2ccc(F)cc2)on1. The van der Waals surface area contributed by atoms with Crippen LogP contribution in [0.4, 0.5) is 4.39 Å². The highest BCUT2D eigenvalue weighted by atomic mass is 19.1. The first-order valence-electron chi connectivity index (χ1n) is 9.12. The Kier molecular flexibility index (Phi) is 4.75. The molecule has 0 bridgehead atoms. The van der Waals surface area contributed by atoms with Crippen LogP contribution in [0.5, 0.6) is 0 Å². The number of nitrogens with zero attached hydrogens (tertiary/aromatic N) is 3. The van der Waals surface area contributed by atoms with Crippen LogP contribution in [0.2, 0.25) is 0 Å². The predicted molar refractivity (Wildman–Crippen MR) is 97.2 cm³/mol. The maximum absolute atomic E-state index is 13.1. The molecule has 27 heavy (non-hydrogen) atoms. The van der Waals surface area contributed by atoms with Crippen LogP contribution in [-0.4, -0.2) is 32.7 Å². The fourth-order valence-electron chi connectivity index (χ4n) is 3.65. The molecular weight excluding hydrogens is 347 g/mol. The smallest absolute Gasteiger partial charge is 0.227 e. The number of carbonyl (C=O) groups is 1. The lowest BCUT2D eigenvalue weighted by Gasteiger charge is -2.35. The number of benzene rings is 1. The van der Waals surface area contributed by atoms with Crippen LogP contribution in [0.1, 0.15) is 42.3 Å². The van der Waals surface area contributed by atoms with Gasteiger partial charge in [0.25, 0.3) is 0 Å². The first-order chi connectivity index (χ1) is 13.1. The summed E-state index contributed by atoms with van der Waals surface area (Å²) in [5, 5.41) is 11.2. The standard InChI is InChI=1S/C20H21FN4O2/c1-13-10-18(27-24-13)16-12-22-23-20(16)17-4-2-3-9-25(17)19(26)11-14-5-7-15(21)8-6-14/h5-8,10,12,17H,2-4,9,11H2,1H3,(H,22,23). The Morgan fingerprint density at radius 3 is 2.89 bits per heavy atom. The van der Waals surface area contributed by atoms with E-state index in [0.717, 1.165) is 41.8 Å². The number of nitrogens with one attached hydrogen (secondary N) is 1. The van der Waals surface area contributed by atoms with Crippen LogP contribution >= 0.6 is 0 Å². The van der Waals surface area contributed by atoms with Crippen molar-refractivity contribution in [2.24, 2.45) is 0 Å². The number of hydrogen-bond acceptors (Lipinski definition) is 4. The lowest BCUT2D eigenvalue weighted by molar-refractivity contribution is -0.134. The minimum atomic E-state index is -0.300. The molecule has 1 fully saturated rings. The second kappa shape index (κ2) is 7.34. The molecule has 1 aliphatic rings. The second-order valence-electron chi connectivity index (χ2n) is 6.93. The summed E-state index contributed by atoms with van der Waals surface area (Å²) in [6, 6.07) is 7.86. The van der Waals surface area contributed by atoms with Crippen LogP contribution in [-0.2, 0) is 11.2 Å². The molecule has 140 valence electrons. The molecule has 0 aliphatic carbocycles. The van der Waals surface area contributed by atoms with Gasteiger partial charge in [0.15, 0.2) is 5.76 Å². The Labute approximate surface area is 156 Å². The molecule has 7 heteroatoms. The molecule has 0 radical (unpaired) electrons. The average molecular weight is 368 g/mol. The van der Waals surface area contributed by atoms with Gasteiger partial charge in [0.2, 0.25) is 5.91 Å². The van der Waals surface area contributed by atoms with E-state index in [4.69, 9.17) is 4.52 Å². The molecule has 0 saturated carbocycles. The number of rotatable bonds is 4. The van der Waals surface area contributed by atoms with Crippen molar-refractivity contribution in [3.05, 3.63) is 59.3 Å². The second-order valence-corrected chi connectivity index (χ2v) is 6.93.